The van der Waals surface area contributed by atoms with E-state index in [4.69, 9.17) is 9.47 Å². The maximum atomic E-state index is 12.2. The molecule has 0 fully saturated rings. The van der Waals surface area contributed by atoms with Crippen LogP contribution in [0.5, 0.6) is 17.2 Å². The van der Waals surface area contributed by atoms with Gasteiger partial charge in [-0.1, -0.05) is 0 Å². The molecular weight excluding hydrogens is 334 g/mol. The van der Waals surface area contributed by atoms with Gasteiger partial charge < -0.3 is 19.5 Å². The topological polar surface area (TPSA) is 83.4 Å². The number of amides is 1. The zero-order chi connectivity index (χ0) is 18.5. The smallest absolute Gasteiger partial charge is 0.271 e. The van der Waals surface area contributed by atoms with E-state index in [-0.39, 0.29) is 18.4 Å². The first kappa shape index (κ1) is 17.6. The molecule has 7 heteroatoms. The Morgan fingerprint density at radius 3 is 2.69 bits per heavy atom. The van der Waals surface area contributed by atoms with E-state index in [1.807, 2.05) is 6.07 Å². The number of phenolic OH excluding ortho intramolecular Hbond substituents is 1. The number of rotatable bonds is 6. The van der Waals surface area contributed by atoms with Gasteiger partial charge in [0.1, 0.15) is 5.75 Å². The van der Waals surface area contributed by atoms with Crippen molar-refractivity contribution in [2.75, 3.05) is 24.8 Å². The van der Waals surface area contributed by atoms with Gasteiger partial charge in [0.2, 0.25) is 6.79 Å². The molecule has 0 bridgehead atoms. The fourth-order valence-corrected chi connectivity index (χ4v) is 2.69. The standard InChI is InChI=1S/C19H21N3O4/c1-3-22(4-2)15-7-5-14(16(23)10-15)11-20-21-19(24)13-6-8-17-18(9-13)26-12-25-17/h5-11,23H,3-4,12H2,1-2H3,(H,21,24). The van der Waals surface area contributed by atoms with Crippen molar-refractivity contribution in [2.24, 2.45) is 5.10 Å². The van der Waals surface area contributed by atoms with Crippen LogP contribution in [0, 0.1) is 0 Å². The quantitative estimate of drug-likeness (QED) is 0.615. The van der Waals surface area contributed by atoms with Crippen molar-refractivity contribution >= 4 is 17.8 Å². The second-order valence-corrected chi connectivity index (χ2v) is 5.68. The number of nitrogens with one attached hydrogen (secondary N) is 1. The predicted octanol–water partition coefficient (Wildman–Crippen LogP) is 2.73. The minimum absolute atomic E-state index is 0.107. The van der Waals surface area contributed by atoms with Crippen LogP contribution >= 0.6 is 0 Å². The van der Waals surface area contributed by atoms with Gasteiger partial charge in [0.25, 0.3) is 5.91 Å². The van der Waals surface area contributed by atoms with Crippen LogP contribution in [0.2, 0.25) is 0 Å². The fraction of sp³-hybridized carbons (Fsp3) is 0.263. The maximum absolute atomic E-state index is 12.2. The van der Waals surface area contributed by atoms with Gasteiger partial charge >= 0.3 is 0 Å². The summed E-state index contributed by atoms with van der Waals surface area (Å²) < 4.78 is 10.5. The predicted molar refractivity (Wildman–Crippen MR) is 99.3 cm³/mol. The Morgan fingerprint density at radius 2 is 1.96 bits per heavy atom. The minimum atomic E-state index is -0.376. The number of benzene rings is 2. The molecule has 2 aromatic rings. The van der Waals surface area contributed by atoms with Crippen molar-refractivity contribution in [1.82, 2.24) is 5.43 Å². The van der Waals surface area contributed by atoms with E-state index >= 15 is 0 Å². The van der Waals surface area contributed by atoms with Crippen LogP contribution in [0.25, 0.3) is 0 Å². The highest BCUT2D eigenvalue weighted by molar-refractivity contribution is 5.95. The summed E-state index contributed by atoms with van der Waals surface area (Å²) in [5.74, 6) is 0.879. The van der Waals surface area contributed by atoms with Crippen molar-refractivity contribution < 1.29 is 19.4 Å². The van der Waals surface area contributed by atoms with Gasteiger partial charge in [0.15, 0.2) is 11.5 Å². The Labute approximate surface area is 151 Å². The van der Waals surface area contributed by atoms with Gasteiger partial charge in [-0.25, -0.2) is 5.43 Å². The fourth-order valence-electron chi connectivity index (χ4n) is 2.69. The Kier molecular flexibility index (Phi) is 5.26. The highest BCUT2D eigenvalue weighted by atomic mass is 16.7. The van der Waals surface area contributed by atoms with E-state index in [1.165, 1.54) is 6.21 Å². The van der Waals surface area contributed by atoms with Crippen molar-refractivity contribution in [1.29, 1.82) is 0 Å². The average molecular weight is 355 g/mol. The molecule has 0 saturated carbocycles. The van der Waals surface area contributed by atoms with Crippen LogP contribution in [0.4, 0.5) is 5.69 Å². The van der Waals surface area contributed by atoms with Crippen molar-refractivity contribution in [3.05, 3.63) is 47.5 Å². The van der Waals surface area contributed by atoms with Gasteiger partial charge in [-0.05, 0) is 44.2 Å². The Balaban J connectivity index is 1.65. The maximum Gasteiger partial charge on any atom is 0.271 e. The summed E-state index contributed by atoms with van der Waals surface area (Å²) in [7, 11) is 0. The number of aromatic hydroxyl groups is 1. The van der Waals surface area contributed by atoms with Gasteiger partial charge in [-0.15, -0.1) is 0 Å². The summed E-state index contributed by atoms with van der Waals surface area (Å²) in [5, 5.41) is 14.1. The van der Waals surface area contributed by atoms with Crippen LogP contribution in [-0.2, 0) is 0 Å². The number of anilines is 1. The Bertz CT molecular complexity index is 832. The monoisotopic (exact) mass is 355 g/mol. The van der Waals surface area contributed by atoms with E-state index < -0.39 is 0 Å². The first-order valence-electron chi connectivity index (χ1n) is 8.43. The Hall–Kier alpha value is -3.22. The molecule has 0 unspecified atom stereocenters. The van der Waals surface area contributed by atoms with Crippen molar-refractivity contribution in [3.63, 3.8) is 0 Å². The molecule has 1 heterocycles. The van der Waals surface area contributed by atoms with E-state index in [2.05, 4.69) is 29.3 Å². The average Bonchev–Trinajstić information content (AvgIpc) is 3.12. The van der Waals surface area contributed by atoms with E-state index in [1.54, 1.807) is 30.3 Å². The lowest BCUT2D eigenvalue weighted by Crippen LogP contribution is -2.21. The molecule has 26 heavy (non-hydrogen) atoms. The molecule has 3 rings (SSSR count). The summed E-state index contributed by atoms with van der Waals surface area (Å²) in [6, 6.07) is 10.3. The third-order valence-electron chi connectivity index (χ3n) is 4.15. The molecule has 0 radical (unpaired) electrons. The number of phenols is 1. The lowest BCUT2D eigenvalue weighted by Gasteiger charge is -2.21. The van der Waals surface area contributed by atoms with Crippen LogP contribution in [0.15, 0.2) is 41.5 Å². The summed E-state index contributed by atoms with van der Waals surface area (Å²) in [5.41, 5.74) is 4.31. The normalized spacial score (nSPS) is 12.4. The lowest BCUT2D eigenvalue weighted by molar-refractivity contribution is 0.0954. The molecule has 0 saturated heterocycles. The Morgan fingerprint density at radius 1 is 1.19 bits per heavy atom. The summed E-state index contributed by atoms with van der Waals surface area (Å²) in [6.07, 6.45) is 1.41. The number of hydrazone groups is 1. The first-order valence-corrected chi connectivity index (χ1v) is 8.43. The van der Waals surface area contributed by atoms with Crippen molar-refractivity contribution in [3.8, 4) is 17.2 Å². The van der Waals surface area contributed by atoms with Gasteiger partial charge in [-0.3, -0.25) is 4.79 Å². The summed E-state index contributed by atoms with van der Waals surface area (Å²) >= 11 is 0. The number of fused-ring (bicyclic) bond motifs is 1. The van der Waals surface area contributed by atoms with E-state index in [0.29, 0.717) is 22.6 Å². The first-order chi connectivity index (χ1) is 12.6. The second-order valence-electron chi connectivity index (χ2n) is 5.68. The molecule has 0 aromatic heterocycles. The van der Waals surface area contributed by atoms with Gasteiger partial charge in [0, 0.05) is 36.0 Å². The molecule has 1 amide bonds. The third-order valence-corrected chi connectivity index (χ3v) is 4.15. The zero-order valence-electron chi connectivity index (χ0n) is 14.7. The molecular formula is C19H21N3O4. The number of hydrogen-bond acceptors (Lipinski definition) is 6. The van der Waals surface area contributed by atoms with Crippen molar-refractivity contribution in [2.45, 2.75) is 13.8 Å². The molecule has 0 aliphatic carbocycles. The van der Waals surface area contributed by atoms with Crippen LogP contribution in [0.3, 0.4) is 0 Å². The molecule has 7 nitrogen and oxygen atoms in total. The molecule has 0 spiro atoms. The number of carbonyl (C=O) groups excluding carboxylic acids is 1. The zero-order valence-corrected chi connectivity index (χ0v) is 14.7. The van der Waals surface area contributed by atoms with Crippen LogP contribution in [0.1, 0.15) is 29.8 Å². The van der Waals surface area contributed by atoms with Gasteiger partial charge in [-0.2, -0.15) is 5.10 Å². The van der Waals surface area contributed by atoms with Crippen LogP contribution < -0.4 is 19.8 Å². The number of hydrogen-bond donors (Lipinski definition) is 2. The molecule has 2 N–H and O–H groups in total. The summed E-state index contributed by atoms with van der Waals surface area (Å²) in [4.78, 5) is 14.3. The van der Waals surface area contributed by atoms with E-state index in [9.17, 15) is 9.90 Å². The molecule has 1 aliphatic rings. The van der Waals surface area contributed by atoms with Gasteiger partial charge in [0.05, 0.1) is 6.21 Å². The highest BCUT2D eigenvalue weighted by Gasteiger charge is 2.15. The molecule has 1 aliphatic heterocycles. The minimum Gasteiger partial charge on any atom is -0.507 e. The second kappa shape index (κ2) is 7.77. The largest absolute Gasteiger partial charge is 0.507 e. The summed E-state index contributed by atoms with van der Waals surface area (Å²) in [6.45, 7) is 5.98. The lowest BCUT2D eigenvalue weighted by atomic mass is 10.2. The SMILES string of the molecule is CCN(CC)c1ccc(C=NNC(=O)c2ccc3c(c2)OCO3)c(O)c1. The molecule has 2 aromatic carbocycles. The molecule has 0 atom stereocenters. The third kappa shape index (κ3) is 3.72. The number of nitrogens with zero attached hydrogens (tertiary/aromatic N) is 2. The highest BCUT2D eigenvalue weighted by Crippen LogP contribution is 2.32. The van der Waals surface area contributed by atoms with Crippen LogP contribution in [-0.4, -0.2) is 37.1 Å². The van der Waals surface area contributed by atoms with E-state index in [0.717, 1.165) is 18.8 Å². The number of carbonyl (C=O) groups is 1. The molecule has 136 valence electrons. The number of ether oxygens (including phenoxy) is 2.